The number of fused-ring (bicyclic) bond motifs is 3. The lowest BCUT2D eigenvalue weighted by atomic mass is 9.93. The molecule has 4 aliphatic rings. The van der Waals surface area contributed by atoms with Gasteiger partial charge in [-0.05, 0) is 43.9 Å². The fourth-order valence-electron chi connectivity index (χ4n) is 3.92. The van der Waals surface area contributed by atoms with Gasteiger partial charge in [-0.1, -0.05) is 12.2 Å². The van der Waals surface area contributed by atoms with E-state index in [-0.39, 0.29) is 6.29 Å². The minimum absolute atomic E-state index is 0.125. The molecule has 0 aromatic rings. The summed E-state index contributed by atoms with van der Waals surface area (Å²) in [5, 5.41) is 0. The van der Waals surface area contributed by atoms with Gasteiger partial charge in [0.25, 0.3) is 0 Å². The molecule has 15 heavy (non-hydrogen) atoms. The zero-order valence-corrected chi connectivity index (χ0v) is 8.97. The average molecular weight is 206 g/mol. The first-order chi connectivity index (χ1) is 7.40. The predicted molar refractivity (Wildman–Crippen MR) is 56.2 cm³/mol. The minimum Gasteiger partial charge on any atom is -0.346 e. The molecule has 1 aliphatic heterocycles. The van der Waals surface area contributed by atoms with Crippen LogP contribution in [0.15, 0.2) is 12.2 Å². The SMILES string of the molecule is C1=C[C@H]2C[C@H]1C[C@H]2C1O[C@H]2CCC[C@H]2O1. The maximum Gasteiger partial charge on any atom is 0.161 e. The van der Waals surface area contributed by atoms with E-state index < -0.39 is 0 Å². The molecule has 6 atom stereocenters. The Morgan fingerprint density at radius 3 is 2.33 bits per heavy atom. The molecule has 4 rings (SSSR count). The van der Waals surface area contributed by atoms with Gasteiger partial charge in [0.05, 0.1) is 12.2 Å². The van der Waals surface area contributed by atoms with Gasteiger partial charge in [-0.15, -0.1) is 0 Å². The van der Waals surface area contributed by atoms with Crippen molar-refractivity contribution in [3.63, 3.8) is 0 Å². The van der Waals surface area contributed by atoms with E-state index in [9.17, 15) is 0 Å². The maximum atomic E-state index is 6.07. The van der Waals surface area contributed by atoms with Crippen LogP contribution in [0.5, 0.6) is 0 Å². The quantitative estimate of drug-likeness (QED) is 0.614. The van der Waals surface area contributed by atoms with E-state index in [0.717, 1.165) is 11.8 Å². The van der Waals surface area contributed by atoms with Gasteiger partial charge >= 0.3 is 0 Å². The summed E-state index contributed by atoms with van der Waals surface area (Å²) in [6.45, 7) is 0. The molecule has 0 amide bonds. The largest absolute Gasteiger partial charge is 0.346 e. The molecule has 0 aromatic heterocycles. The Morgan fingerprint density at radius 2 is 1.73 bits per heavy atom. The Bertz CT molecular complexity index is 287. The first kappa shape index (κ1) is 8.77. The van der Waals surface area contributed by atoms with Crippen LogP contribution in [0.3, 0.4) is 0 Å². The van der Waals surface area contributed by atoms with Gasteiger partial charge in [-0.3, -0.25) is 0 Å². The molecule has 0 aromatic carbocycles. The summed E-state index contributed by atoms with van der Waals surface area (Å²) < 4.78 is 12.1. The summed E-state index contributed by atoms with van der Waals surface area (Å²) in [4.78, 5) is 0. The molecule has 0 radical (unpaired) electrons. The predicted octanol–water partition coefficient (Wildman–Crippen LogP) is 2.49. The van der Waals surface area contributed by atoms with Crippen LogP contribution in [0.4, 0.5) is 0 Å². The summed E-state index contributed by atoms with van der Waals surface area (Å²) in [5.74, 6) is 2.23. The van der Waals surface area contributed by atoms with Crippen molar-refractivity contribution in [1.29, 1.82) is 0 Å². The maximum absolute atomic E-state index is 6.07. The first-order valence-corrected chi connectivity index (χ1v) is 6.39. The summed E-state index contributed by atoms with van der Waals surface area (Å²) in [5.41, 5.74) is 0. The monoisotopic (exact) mass is 206 g/mol. The number of ether oxygens (including phenoxy) is 2. The molecule has 1 saturated heterocycles. The van der Waals surface area contributed by atoms with Crippen LogP contribution in [0, 0.1) is 17.8 Å². The van der Waals surface area contributed by atoms with E-state index in [1.807, 2.05) is 0 Å². The molecule has 2 nitrogen and oxygen atoms in total. The van der Waals surface area contributed by atoms with E-state index in [1.165, 1.54) is 32.1 Å². The van der Waals surface area contributed by atoms with Gasteiger partial charge in [0.1, 0.15) is 0 Å². The average Bonchev–Trinajstić information content (AvgIpc) is 2.96. The summed E-state index contributed by atoms with van der Waals surface area (Å²) >= 11 is 0. The van der Waals surface area contributed by atoms with Gasteiger partial charge in [0.15, 0.2) is 6.29 Å². The van der Waals surface area contributed by atoms with E-state index in [4.69, 9.17) is 9.47 Å². The molecule has 1 unspecified atom stereocenters. The Labute approximate surface area is 90.6 Å². The standard InChI is InChI=1S/C13H18O2/c1-2-11-12(3-1)15-13(14-11)10-7-8-4-5-9(10)6-8/h4-5,8-13H,1-3,6-7H2/t8-,9-,10+,11-,12+,13?/m0/s1. The molecular formula is C13H18O2. The second-order valence-electron chi connectivity index (χ2n) is 5.59. The highest BCUT2D eigenvalue weighted by molar-refractivity contribution is 5.11. The molecule has 3 fully saturated rings. The van der Waals surface area contributed by atoms with Crippen molar-refractivity contribution < 1.29 is 9.47 Å². The lowest BCUT2D eigenvalue weighted by Crippen LogP contribution is -2.26. The topological polar surface area (TPSA) is 18.5 Å². The van der Waals surface area contributed by atoms with Crippen molar-refractivity contribution in [1.82, 2.24) is 0 Å². The Kier molecular flexibility index (Phi) is 1.80. The number of hydrogen-bond donors (Lipinski definition) is 0. The minimum atomic E-state index is 0.125. The second-order valence-corrected chi connectivity index (χ2v) is 5.59. The third-order valence-electron chi connectivity index (χ3n) is 4.69. The Balaban J connectivity index is 1.49. The molecule has 2 saturated carbocycles. The molecular weight excluding hydrogens is 188 g/mol. The Morgan fingerprint density at radius 1 is 0.933 bits per heavy atom. The van der Waals surface area contributed by atoms with E-state index in [1.54, 1.807) is 0 Å². The number of hydrogen-bond acceptors (Lipinski definition) is 2. The van der Waals surface area contributed by atoms with Crippen LogP contribution in [-0.2, 0) is 9.47 Å². The zero-order valence-electron chi connectivity index (χ0n) is 8.97. The normalized spacial score (nSPS) is 56.5. The van der Waals surface area contributed by atoms with Crippen molar-refractivity contribution in [3.8, 4) is 0 Å². The fourth-order valence-corrected chi connectivity index (χ4v) is 3.92. The molecule has 2 heteroatoms. The molecule has 0 N–H and O–H groups in total. The van der Waals surface area contributed by atoms with Crippen LogP contribution in [-0.4, -0.2) is 18.5 Å². The lowest BCUT2D eigenvalue weighted by molar-refractivity contribution is -0.115. The second kappa shape index (κ2) is 3.08. The van der Waals surface area contributed by atoms with E-state index in [2.05, 4.69) is 12.2 Å². The molecule has 82 valence electrons. The van der Waals surface area contributed by atoms with Crippen LogP contribution in [0.2, 0.25) is 0 Å². The highest BCUT2D eigenvalue weighted by atomic mass is 16.7. The summed E-state index contributed by atoms with van der Waals surface area (Å²) in [7, 11) is 0. The van der Waals surface area contributed by atoms with Crippen LogP contribution in [0.25, 0.3) is 0 Å². The van der Waals surface area contributed by atoms with E-state index in [0.29, 0.717) is 18.1 Å². The highest BCUT2D eigenvalue weighted by Crippen LogP contribution is 2.48. The van der Waals surface area contributed by atoms with Crippen LogP contribution < -0.4 is 0 Å². The Hall–Kier alpha value is -0.340. The van der Waals surface area contributed by atoms with Crippen LogP contribution >= 0.6 is 0 Å². The highest BCUT2D eigenvalue weighted by Gasteiger charge is 2.48. The van der Waals surface area contributed by atoms with Crippen molar-refractivity contribution in [2.75, 3.05) is 0 Å². The van der Waals surface area contributed by atoms with Crippen LogP contribution in [0.1, 0.15) is 32.1 Å². The zero-order chi connectivity index (χ0) is 9.83. The molecule has 1 heterocycles. The van der Waals surface area contributed by atoms with Crippen molar-refractivity contribution in [2.45, 2.75) is 50.6 Å². The first-order valence-electron chi connectivity index (χ1n) is 6.39. The van der Waals surface area contributed by atoms with Gasteiger partial charge in [-0.2, -0.15) is 0 Å². The van der Waals surface area contributed by atoms with Crippen molar-refractivity contribution >= 4 is 0 Å². The van der Waals surface area contributed by atoms with Crippen molar-refractivity contribution in [2.24, 2.45) is 17.8 Å². The van der Waals surface area contributed by atoms with Gasteiger partial charge in [0.2, 0.25) is 0 Å². The summed E-state index contributed by atoms with van der Waals surface area (Å²) in [6.07, 6.45) is 12.1. The molecule has 3 aliphatic carbocycles. The smallest absolute Gasteiger partial charge is 0.161 e. The molecule has 0 spiro atoms. The third kappa shape index (κ3) is 1.24. The van der Waals surface area contributed by atoms with Gasteiger partial charge < -0.3 is 9.47 Å². The third-order valence-corrected chi connectivity index (χ3v) is 4.69. The number of allylic oxidation sites excluding steroid dienone is 2. The van der Waals surface area contributed by atoms with Gasteiger partial charge in [-0.25, -0.2) is 0 Å². The molecule has 2 bridgehead atoms. The fraction of sp³-hybridized carbons (Fsp3) is 0.846. The van der Waals surface area contributed by atoms with E-state index >= 15 is 0 Å². The van der Waals surface area contributed by atoms with Crippen molar-refractivity contribution in [3.05, 3.63) is 12.2 Å². The number of rotatable bonds is 1. The van der Waals surface area contributed by atoms with Gasteiger partial charge in [0, 0.05) is 5.92 Å². The summed E-state index contributed by atoms with van der Waals surface area (Å²) in [6, 6.07) is 0. The lowest BCUT2D eigenvalue weighted by Gasteiger charge is -2.24.